The van der Waals surface area contributed by atoms with E-state index < -0.39 is 15.7 Å². The molecule has 2 aromatic rings. The van der Waals surface area contributed by atoms with Gasteiger partial charge in [0.1, 0.15) is 0 Å². The Morgan fingerprint density at radius 2 is 1.78 bits per heavy atom. The summed E-state index contributed by atoms with van der Waals surface area (Å²) in [7, 11) is -1.91. The van der Waals surface area contributed by atoms with Gasteiger partial charge >= 0.3 is 0 Å². The third-order valence-electron chi connectivity index (χ3n) is 4.27. The van der Waals surface area contributed by atoms with Crippen LogP contribution in [0.15, 0.2) is 47.4 Å². The summed E-state index contributed by atoms with van der Waals surface area (Å²) in [6.07, 6.45) is 1.87. The largest absolute Gasteiger partial charge is 0.332 e. The molecule has 2 rings (SSSR count). The van der Waals surface area contributed by atoms with Gasteiger partial charge in [0, 0.05) is 24.6 Å². The first-order valence-electron chi connectivity index (χ1n) is 8.57. The molecule has 6 nitrogen and oxygen atoms in total. The number of likely N-dealkylation sites (N-methyl/N-ethyl adjacent to an activating group) is 1. The number of para-hydroxylation sites is 1. The van der Waals surface area contributed by atoms with E-state index in [1.54, 1.807) is 13.0 Å². The summed E-state index contributed by atoms with van der Waals surface area (Å²) >= 11 is 0. The highest BCUT2D eigenvalue weighted by Crippen LogP contribution is 2.18. The molecule has 2 amide bonds. The van der Waals surface area contributed by atoms with Gasteiger partial charge in [-0.3, -0.25) is 9.59 Å². The molecule has 0 bridgehead atoms. The molecule has 0 fully saturated rings. The number of carbonyl (C=O) groups excluding carboxylic acids is 2. The van der Waals surface area contributed by atoms with Crippen LogP contribution in [0.25, 0.3) is 0 Å². The molecule has 0 radical (unpaired) electrons. The number of amides is 2. The van der Waals surface area contributed by atoms with Gasteiger partial charge in [-0.1, -0.05) is 31.2 Å². The minimum absolute atomic E-state index is 0.0752. The van der Waals surface area contributed by atoms with Gasteiger partial charge in [-0.2, -0.15) is 0 Å². The van der Waals surface area contributed by atoms with E-state index in [1.165, 1.54) is 24.1 Å². The van der Waals surface area contributed by atoms with Crippen molar-refractivity contribution in [1.29, 1.82) is 0 Å². The van der Waals surface area contributed by atoms with Crippen LogP contribution in [0.3, 0.4) is 0 Å². The monoisotopic (exact) mass is 388 g/mol. The molecule has 0 aromatic heterocycles. The van der Waals surface area contributed by atoms with Gasteiger partial charge in [0.25, 0.3) is 5.91 Å². The van der Waals surface area contributed by atoms with Gasteiger partial charge < -0.3 is 10.2 Å². The number of nitrogens with zero attached hydrogens (tertiary/aromatic N) is 1. The van der Waals surface area contributed by atoms with Crippen molar-refractivity contribution in [3.8, 4) is 0 Å². The lowest BCUT2D eigenvalue weighted by atomic mass is 10.1. The molecule has 0 saturated carbocycles. The topological polar surface area (TPSA) is 83.6 Å². The summed E-state index contributed by atoms with van der Waals surface area (Å²) in [5.74, 6) is -0.722. The van der Waals surface area contributed by atoms with Crippen molar-refractivity contribution < 1.29 is 18.0 Å². The van der Waals surface area contributed by atoms with Gasteiger partial charge in [-0.05, 0) is 42.7 Å². The zero-order chi connectivity index (χ0) is 20.2. The van der Waals surface area contributed by atoms with Crippen molar-refractivity contribution in [3.05, 3.63) is 59.2 Å². The molecule has 0 unspecified atom stereocenters. The maximum Gasteiger partial charge on any atom is 0.254 e. The predicted octanol–water partition coefficient (Wildman–Crippen LogP) is 2.67. The molecule has 144 valence electrons. The third-order valence-corrected chi connectivity index (χ3v) is 5.38. The first-order chi connectivity index (χ1) is 12.6. The second-order valence-electron chi connectivity index (χ2n) is 6.47. The first kappa shape index (κ1) is 20.6. The van der Waals surface area contributed by atoms with Crippen LogP contribution in [0.2, 0.25) is 0 Å². The minimum Gasteiger partial charge on any atom is -0.332 e. The van der Waals surface area contributed by atoms with Gasteiger partial charge in [-0.25, -0.2) is 8.42 Å². The Hall–Kier alpha value is -2.67. The lowest BCUT2D eigenvalue weighted by Gasteiger charge is -2.19. The molecule has 0 heterocycles. The molecular weight excluding hydrogens is 364 g/mol. The lowest BCUT2D eigenvalue weighted by Crippen LogP contribution is -2.35. The Kier molecular flexibility index (Phi) is 6.38. The number of hydrogen-bond acceptors (Lipinski definition) is 4. The lowest BCUT2D eigenvalue weighted by molar-refractivity contribution is -0.116. The van der Waals surface area contributed by atoms with E-state index in [9.17, 15) is 18.0 Å². The number of sulfone groups is 1. The number of hydrogen-bond donors (Lipinski definition) is 1. The molecule has 0 aliphatic heterocycles. The fourth-order valence-electron chi connectivity index (χ4n) is 2.70. The minimum atomic E-state index is -3.42. The van der Waals surface area contributed by atoms with E-state index in [4.69, 9.17) is 0 Å². The number of nitrogens with one attached hydrogen (secondary N) is 1. The molecule has 2 aromatic carbocycles. The third kappa shape index (κ3) is 5.17. The number of rotatable bonds is 6. The van der Waals surface area contributed by atoms with Gasteiger partial charge in [0.2, 0.25) is 5.91 Å². The van der Waals surface area contributed by atoms with E-state index in [0.29, 0.717) is 5.56 Å². The zero-order valence-corrected chi connectivity index (χ0v) is 16.8. The highest BCUT2D eigenvalue weighted by Gasteiger charge is 2.19. The van der Waals surface area contributed by atoms with E-state index >= 15 is 0 Å². The fraction of sp³-hybridized carbons (Fsp3) is 0.300. The molecule has 0 aliphatic rings. The normalized spacial score (nSPS) is 11.1. The highest BCUT2D eigenvalue weighted by atomic mass is 32.2. The number of benzene rings is 2. The van der Waals surface area contributed by atoms with E-state index in [2.05, 4.69) is 5.32 Å². The van der Waals surface area contributed by atoms with Crippen LogP contribution in [0.1, 0.15) is 28.4 Å². The van der Waals surface area contributed by atoms with Crippen LogP contribution >= 0.6 is 0 Å². The highest BCUT2D eigenvalue weighted by molar-refractivity contribution is 7.90. The van der Waals surface area contributed by atoms with E-state index in [1.807, 2.05) is 31.2 Å². The molecule has 1 N–H and O–H groups in total. The van der Waals surface area contributed by atoms with Crippen molar-refractivity contribution in [2.24, 2.45) is 0 Å². The van der Waals surface area contributed by atoms with Gasteiger partial charge in [0.15, 0.2) is 9.84 Å². The summed E-state index contributed by atoms with van der Waals surface area (Å²) in [4.78, 5) is 26.4. The smallest absolute Gasteiger partial charge is 0.254 e. The van der Waals surface area contributed by atoms with Crippen LogP contribution in [-0.2, 0) is 21.1 Å². The van der Waals surface area contributed by atoms with Gasteiger partial charge in [0.05, 0.1) is 11.4 Å². The molecule has 0 aliphatic carbocycles. The van der Waals surface area contributed by atoms with Crippen LogP contribution in [0.4, 0.5) is 5.69 Å². The van der Waals surface area contributed by atoms with Crippen molar-refractivity contribution in [2.45, 2.75) is 25.2 Å². The summed E-state index contributed by atoms with van der Waals surface area (Å²) in [5, 5.41) is 2.82. The second-order valence-corrected chi connectivity index (χ2v) is 8.48. The summed E-state index contributed by atoms with van der Waals surface area (Å²) < 4.78 is 23.5. The first-order valence-corrected chi connectivity index (χ1v) is 10.5. The maximum absolute atomic E-state index is 12.7. The van der Waals surface area contributed by atoms with Crippen molar-refractivity contribution >= 4 is 27.3 Å². The van der Waals surface area contributed by atoms with Crippen molar-refractivity contribution in [1.82, 2.24) is 4.90 Å². The Morgan fingerprint density at radius 3 is 2.41 bits per heavy atom. The van der Waals surface area contributed by atoms with Crippen molar-refractivity contribution in [2.75, 3.05) is 25.2 Å². The molecule has 0 atom stereocenters. The Balaban J connectivity index is 2.15. The zero-order valence-electron chi connectivity index (χ0n) is 15.9. The van der Waals surface area contributed by atoms with Crippen molar-refractivity contribution in [3.63, 3.8) is 0 Å². The standard InChI is InChI=1S/C20H24N2O4S/c1-5-15-8-6-7-9-18(15)21-19(23)13-22(3)20(24)17-12-16(27(4,25)26)11-10-14(17)2/h6-12H,5,13H2,1-4H3,(H,21,23). The fourth-order valence-corrected chi connectivity index (χ4v) is 3.34. The average molecular weight is 388 g/mol. The molecule has 0 spiro atoms. The summed E-state index contributed by atoms with van der Waals surface area (Å²) in [6.45, 7) is 3.59. The molecule has 7 heteroatoms. The SMILES string of the molecule is CCc1ccccc1NC(=O)CN(C)C(=O)c1cc(S(C)(=O)=O)ccc1C. The second kappa shape index (κ2) is 8.35. The number of anilines is 1. The molecule has 0 saturated heterocycles. The van der Waals surface area contributed by atoms with E-state index in [-0.39, 0.29) is 22.9 Å². The summed E-state index contributed by atoms with van der Waals surface area (Å²) in [5.41, 5.74) is 2.65. The number of aryl methyl sites for hydroxylation is 2. The maximum atomic E-state index is 12.7. The molecular formula is C20H24N2O4S. The number of carbonyl (C=O) groups is 2. The Labute approximate surface area is 160 Å². The molecule has 27 heavy (non-hydrogen) atoms. The Bertz CT molecular complexity index is 968. The predicted molar refractivity (Wildman–Crippen MR) is 106 cm³/mol. The Morgan fingerprint density at radius 1 is 1.11 bits per heavy atom. The van der Waals surface area contributed by atoms with Crippen LogP contribution in [0, 0.1) is 6.92 Å². The van der Waals surface area contributed by atoms with Crippen LogP contribution < -0.4 is 5.32 Å². The van der Waals surface area contributed by atoms with Crippen LogP contribution in [-0.4, -0.2) is 45.0 Å². The quantitative estimate of drug-likeness (QED) is 0.825. The average Bonchev–Trinajstić information content (AvgIpc) is 2.60. The van der Waals surface area contributed by atoms with Gasteiger partial charge in [-0.15, -0.1) is 0 Å². The summed E-state index contributed by atoms with van der Waals surface area (Å²) in [6, 6.07) is 11.9. The van der Waals surface area contributed by atoms with E-state index in [0.717, 1.165) is 23.9 Å². The van der Waals surface area contributed by atoms with Crippen LogP contribution in [0.5, 0.6) is 0 Å².